The second kappa shape index (κ2) is 6.80. The molecule has 1 aliphatic carbocycles. The summed E-state index contributed by atoms with van der Waals surface area (Å²) in [7, 11) is 0. The van der Waals surface area contributed by atoms with Gasteiger partial charge in [-0.05, 0) is 52.9 Å². The second-order valence-electron chi connectivity index (χ2n) is 5.20. The van der Waals surface area contributed by atoms with Crippen molar-refractivity contribution >= 4 is 15.9 Å². The van der Waals surface area contributed by atoms with Crippen molar-refractivity contribution in [2.45, 2.75) is 45.1 Å². The van der Waals surface area contributed by atoms with E-state index in [1.165, 1.54) is 25.3 Å². The van der Waals surface area contributed by atoms with Crippen molar-refractivity contribution in [3.63, 3.8) is 0 Å². The molecular formula is C15H20BrF2N. The molecule has 0 spiro atoms. The summed E-state index contributed by atoms with van der Waals surface area (Å²) in [5.74, 6) is -1.07. The molecule has 0 saturated heterocycles. The highest BCUT2D eigenvalue weighted by molar-refractivity contribution is 9.10. The van der Waals surface area contributed by atoms with E-state index >= 15 is 0 Å². The van der Waals surface area contributed by atoms with Crippen LogP contribution in [0.25, 0.3) is 0 Å². The summed E-state index contributed by atoms with van der Waals surface area (Å²) >= 11 is 3.21. The number of benzene rings is 1. The summed E-state index contributed by atoms with van der Waals surface area (Å²) in [5.41, 5.74) is 0.840. The normalized spacial score (nSPS) is 18.5. The molecule has 106 valence electrons. The molecule has 0 bridgehead atoms. The summed E-state index contributed by atoms with van der Waals surface area (Å²) in [6, 6.07) is 3.03. The number of halogens is 3. The van der Waals surface area contributed by atoms with Crippen LogP contribution in [-0.2, 0) is 0 Å². The lowest BCUT2D eigenvalue weighted by molar-refractivity contribution is 0.273. The van der Waals surface area contributed by atoms with E-state index in [9.17, 15) is 8.78 Å². The molecule has 0 radical (unpaired) electrons. The van der Waals surface area contributed by atoms with Crippen LogP contribution in [0.15, 0.2) is 16.6 Å². The number of nitrogens with one attached hydrogen (secondary N) is 1. The summed E-state index contributed by atoms with van der Waals surface area (Å²) < 4.78 is 27.2. The maximum atomic E-state index is 13.7. The zero-order valence-electron chi connectivity index (χ0n) is 11.2. The molecular weight excluding hydrogens is 312 g/mol. The molecule has 0 aromatic heterocycles. The fourth-order valence-corrected chi connectivity index (χ4v) is 3.57. The van der Waals surface area contributed by atoms with Crippen LogP contribution in [0.3, 0.4) is 0 Å². The predicted octanol–water partition coefficient (Wildman–Crippen LogP) is 4.96. The topological polar surface area (TPSA) is 12.0 Å². The largest absolute Gasteiger partial charge is 0.310 e. The molecule has 1 nitrogen and oxygen atoms in total. The monoisotopic (exact) mass is 331 g/mol. The maximum Gasteiger partial charge on any atom is 0.173 e. The highest BCUT2D eigenvalue weighted by atomic mass is 79.9. The minimum absolute atomic E-state index is 0.106. The Bertz CT molecular complexity index is 430. The number of rotatable bonds is 4. The van der Waals surface area contributed by atoms with Crippen molar-refractivity contribution in [1.82, 2.24) is 5.32 Å². The van der Waals surface area contributed by atoms with Crippen LogP contribution in [0, 0.1) is 17.6 Å². The van der Waals surface area contributed by atoms with Gasteiger partial charge in [-0.2, -0.15) is 0 Å². The first-order valence-corrected chi connectivity index (χ1v) is 7.81. The maximum absolute atomic E-state index is 13.7. The van der Waals surface area contributed by atoms with Gasteiger partial charge in [0.15, 0.2) is 11.6 Å². The SMILES string of the molecule is CCNC(c1ccc(F)c(F)c1Br)C1CCCCC1. The average Bonchev–Trinajstić information content (AvgIpc) is 2.44. The van der Waals surface area contributed by atoms with Gasteiger partial charge in [0.05, 0.1) is 4.47 Å². The fourth-order valence-electron chi connectivity index (χ4n) is 3.00. The third-order valence-electron chi connectivity index (χ3n) is 3.95. The highest BCUT2D eigenvalue weighted by Crippen LogP contribution is 2.38. The van der Waals surface area contributed by atoms with Crippen LogP contribution >= 0.6 is 15.9 Å². The number of hydrogen-bond donors (Lipinski definition) is 1. The van der Waals surface area contributed by atoms with Gasteiger partial charge in [0.2, 0.25) is 0 Å². The lowest BCUT2D eigenvalue weighted by Crippen LogP contribution is -2.30. The van der Waals surface area contributed by atoms with Gasteiger partial charge in [-0.15, -0.1) is 0 Å². The van der Waals surface area contributed by atoms with Gasteiger partial charge >= 0.3 is 0 Å². The molecule has 1 aliphatic rings. The molecule has 0 amide bonds. The molecule has 1 saturated carbocycles. The van der Waals surface area contributed by atoms with Crippen molar-refractivity contribution in [2.75, 3.05) is 6.54 Å². The van der Waals surface area contributed by atoms with Gasteiger partial charge in [0.25, 0.3) is 0 Å². The quantitative estimate of drug-likeness (QED) is 0.769. The predicted molar refractivity (Wildman–Crippen MR) is 77.1 cm³/mol. The standard InChI is InChI=1S/C15H20BrF2N/c1-2-19-15(10-6-4-3-5-7-10)11-8-9-12(17)14(18)13(11)16/h8-10,15,19H,2-7H2,1H3. The summed E-state index contributed by atoms with van der Waals surface area (Å²) in [6.45, 7) is 2.87. The first-order chi connectivity index (χ1) is 9.15. The van der Waals surface area contributed by atoms with Crippen molar-refractivity contribution < 1.29 is 8.78 Å². The van der Waals surface area contributed by atoms with Gasteiger partial charge in [-0.1, -0.05) is 32.3 Å². The molecule has 4 heteroatoms. The van der Waals surface area contributed by atoms with E-state index in [0.717, 1.165) is 24.9 Å². The zero-order chi connectivity index (χ0) is 13.8. The molecule has 1 aromatic carbocycles. The first-order valence-electron chi connectivity index (χ1n) is 7.02. The van der Waals surface area contributed by atoms with Crippen LogP contribution in [0.1, 0.15) is 50.6 Å². The Morgan fingerprint density at radius 2 is 1.95 bits per heavy atom. The Kier molecular flexibility index (Phi) is 5.34. The molecule has 1 N–H and O–H groups in total. The van der Waals surface area contributed by atoms with Crippen molar-refractivity contribution in [3.8, 4) is 0 Å². The van der Waals surface area contributed by atoms with Crippen LogP contribution in [0.4, 0.5) is 8.78 Å². The van der Waals surface area contributed by atoms with E-state index in [2.05, 4.69) is 21.2 Å². The van der Waals surface area contributed by atoms with E-state index in [0.29, 0.717) is 5.92 Å². The fraction of sp³-hybridized carbons (Fsp3) is 0.600. The van der Waals surface area contributed by atoms with E-state index in [4.69, 9.17) is 0 Å². The molecule has 1 aromatic rings. The van der Waals surface area contributed by atoms with E-state index < -0.39 is 11.6 Å². The Hall–Kier alpha value is -0.480. The van der Waals surface area contributed by atoms with Crippen LogP contribution in [0.5, 0.6) is 0 Å². The Morgan fingerprint density at radius 1 is 1.26 bits per heavy atom. The van der Waals surface area contributed by atoms with E-state index in [-0.39, 0.29) is 10.5 Å². The van der Waals surface area contributed by atoms with Gasteiger partial charge in [-0.25, -0.2) is 8.78 Å². The first kappa shape index (κ1) is 14.9. The summed E-state index contributed by atoms with van der Waals surface area (Å²) in [6.07, 6.45) is 6.06. The van der Waals surface area contributed by atoms with E-state index in [1.807, 2.05) is 6.92 Å². The van der Waals surface area contributed by atoms with Gasteiger partial charge in [0, 0.05) is 6.04 Å². The van der Waals surface area contributed by atoms with E-state index in [1.54, 1.807) is 6.07 Å². The lowest BCUT2D eigenvalue weighted by Gasteiger charge is -2.32. The summed E-state index contributed by atoms with van der Waals surface area (Å²) in [4.78, 5) is 0. The van der Waals surface area contributed by atoms with Gasteiger partial charge < -0.3 is 5.32 Å². The smallest absolute Gasteiger partial charge is 0.173 e. The third-order valence-corrected chi connectivity index (χ3v) is 4.75. The minimum Gasteiger partial charge on any atom is -0.310 e. The van der Waals surface area contributed by atoms with Crippen molar-refractivity contribution in [3.05, 3.63) is 33.8 Å². The van der Waals surface area contributed by atoms with Crippen LogP contribution in [-0.4, -0.2) is 6.54 Å². The molecule has 1 atom stereocenters. The van der Waals surface area contributed by atoms with Crippen molar-refractivity contribution in [1.29, 1.82) is 0 Å². The summed E-state index contributed by atoms with van der Waals surface area (Å²) in [5, 5.41) is 3.44. The molecule has 1 unspecified atom stereocenters. The Balaban J connectivity index is 2.30. The van der Waals surface area contributed by atoms with Gasteiger partial charge in [0.1, 0.15) is 0 Å². The van der Waals surface area contributed by atoms with Crippen LogP contribution < -0.4 is 5.32 Å². The van der Waals surface area contributed by atoms with Gasteiger partial charge in [-0.3, -0.25) is 0 Å². The minimum atomic E-state index is -0.797. The molecule has 0 aliphatic heterocycles. The van der Waals surface area contributed by atoms with Crippen LogP contribution in [0.2, 0.25) is 0 Å². The zero-order valence-corrected chi connectivity index (χ0v) is 12.8. The Morgan fingerprint density at radius 3 is 2.58 bits per heavy atom. The highest BCUT2D eigenvalue weighted by Gasteiger charge is 2.27. The Labute approximate surface area is 121 Å². The molecule has 19 heavy (non-hydrogen) atoms. The molecule has 2 rings (SSSR count). The third kappa shape index (κ3) is 3.34. The lowest BCUT2D eigenvalue weighted by atomic mass is 9.81. The second-order valence-corrected chi connectivity index (χ2v) is 5.99. The molecule has 1 fully saturated rings. The molecule has 0 heterocycles. The van der Waals surface area contributed by atoms with Crippen molar-refractivity contribution in [2.24, 2.45) is 5.92 Å². The average molecular weight is 332 g/mol. The number of hydrogen-bond acceptors (Lipinski definition) is 1.